The van der Waals surface area contributed by atoms with Crippen LogP contribution in [0.15, 0.2) is 42.5 Å². The Morgan fingerprint density at radius 3 is 2.13 bits per heavy atom. The Bertz CT molecular complexity index is 959. The van der Waals surface area contributed by atoms with Crippen molar-refractivity contribution in [2.45, 2.75) is 26.3 Å². The average molecular weight is 473 g/mol. The first-order chi connectivity index (χ1) is 14.0. The molecule has 0 heterocycles. The normalized spacial score (nSPS) is 12.5. The van der Waals surface area contributed by atoms with Crippen molar-refractivity contribution in [2.75, 3.05) is 24.2 Å². The van der Waals surface area contributed by atoms with E-state index in [9.17, 15) is 13.2 Å². The van der Waals surface area contributed by atoms with Crippen LogP contribution in [0.25, 0.3) is 0 Å². The van der Waals surface area contributed by atoms with Gasteiger partial charge in [0.1, 0.15) is 12.3 Å². The van der Waals surface area contributed by atoms with Crippen molar-refractivity contribution >= 4 is 44.8 Å². The zero-order valence-electron chi connectivity index (χ0n) is 17.4. The predicted molar refractivity (Wildman–Crippen MR) is 122 cm³/mol. The van der Waals surface area contributed by atoms with Crippen LogP contribution >= 0.6 is 23.2 Å². The number of carbonyl (C=O) groups is 1. The third-order valence-electron chi connectivity index (χ3n) is 4.38. The number of halogens is 2. The van der Waals surface area contributed by atoms with Gasteiger partial charge in [0.15, 0.2) is 0 Å². The van der Waals surface area contributed by atoms with Crippen LogP contribution in [0.5, 0.6) is 5.75 Å². The zero-order valence-corrected chi connectivity index (χ0v) is 19.7. The number of amides is 1. The molecule has 30 heavy (non-hydrogen) atoms. The SMILES string of the molecule is COc1ccc(C(CC(C)C)NC(=O)CN(c2cc(Cl)cc(Cl)c2)S(C)(=O)=O)cc1. The third-order valence-corrected chi connectivity index (χ3v) is 5.96. The van der Waals surface area contributed by atoms with E-state index in [1.54, 1.807) is 7.11 Å². The number of anilines is 1. The summed E-state index contributed by atoms with van der Waals surface area (Å²) in [4.78, 5) is 12.8. The summed E-state index contributed by atoms with van der Waals surface area (Å²) in [5.41, 5.74) is 1.14. The van der Waals surface area contributed by atoms with Crippen LogP contribution < -0.4 is 14.4 Å². The van der Waals surface area contributed by atoms with Crippen LogP contribution in [0.1, 0.15) is 31.9 Å². The Labute approximate surface area is 188 Å². The summed E-state index contributed by atoms with van der Waals surface area (Å²) < 4.78 is 30.9. The number of methoxy groups -OCH3 is 1. The fraction of sp³-hybridized carbons (Fsp3) is 0.381. The highest BCUT2D eigenvalue weighted by molar-refractivity contribution is 7.92. The molecule has 9 heteroatoms. The van der Waals surface area contributed by atoms with Gasteiger partial charge >= 0.3 is 0 Å². The van der Waals surface area contributed by atoms with E-state index in [0.717, 1.165) is 21.9 Å². The maximum atomic E-state index is 12.8. The summed E-state index contributed by atoms with van der Waals surface area (Å²) >= 11 is 12.0. The molecule has 0 bridgehead atoms. The minimum atomic E-state index is -3.74. The van der Waals surface area contributed by atoms with Gasteiger partial charge in [0.2, 0.25) is 15.9 Å². The number of rotatable bonds is 9. The maximum absolute atomic E-state index is 12.8. The van der Waals surface area contributed by atoms with E-state index >= 15 is 0 Å². The Kier molecular flexibility index (Phi) is 8.41. The minimum absolute atomic E-state index is 0.231. The molecule has 2 aromatic carbocycles. The summed E-state index contributed by atoms with van der Waals surface area (Å²) in [6.45, 7) is 3.72. The van der Waals surface area contributed by atoms with Gasteiger partial charge in [-0.05, 0) is 48.2 Å². The molecule has 1 atom stereocenters. The van der Waals surface area contributed by atoms with E-state index in [2.05, 4.69) is 19.2 Å². The van der Waals surface area contributed by atoms with Crippen molar-refractivity contribution in [3.05, 3.63) is 58.1 Å². The second-order valence-electron chi connectivity index (χ2n) is 7.42. The molecule has 0 saturated carbocycles. The first-order valence-corrected chi connectivity index (χ1v) is 12.0. The van der Waals surface area contributed by atoms with Crippen molar-refractivity contribution in [1.82, 2.24) is 5.32 Å². The Balaban J connectivity index is 2.25. The molecule has 6 nitrogen and oxygen atoms in total. The smallest absolute Gasteiger partial charge is 0.241 e. The predicted octanol–water partition coefficient (Wildman–Crippen LogP) is 4.67. The Morgan fingerprint density at radius 1 is 1.10 bits per heavy atom. The van der Waals surface area contributed by atoms with E-state index in [0.29, 0.717) is 12.3 Å². The quantitative estimate of drug-likeness (QED) is 0.574. The number of nitrogens with one attached hydrogen (secondary N) is 1. The second kappa shape index (κ2) is 10.4. The molecule has 1 N–H and O–H groups in total. The molecule has 0 aliphatic rings. The maximum Gasteiger partial charge on any atom is 0.241 e. The molecule has 0 aliphatic heterocycles. The molecule has 1 amide bonds. The monoisotopic (exact) mass is 472 g/mol. The highest BCUT2D eigenvalue weighted by Gasteiger charge is 2.24. The van der Waals surface area contributed by atoms with Crippen molar-refractivity contribution in [3.8, 4) is 5.75 Å². The lowest BCUT2D eigenvalue weighted by atomic mass is 9.97. The van der Waals surface area contributed by atoms with E-state index in [1.807, 2.05) is 24.3 Å². The summed E-state index contributed by atoms with van der Waals surface area (Å²) in [5.74, 6) is 0.600. The van der Waals surface area contributed by atoms with Crippen molar-refractivity contribution in [1.29, 1.82) is 0 Å². The van der Waals surface area contributed by atoms with Gasteiger partial charge < -0.3 is 10.1 Å². The average Bonchev–Trinajstić information content (AvgIpc) is 2.63. The summed E-state index contributed by atoms with van der Waals surface area (Å²) in [7, 11) is -2.15. The van der Waals surface area contributed by atoms with Gasteiger partial charge in [0.25, 0.3) is 0 Å². The molecule has 0 radical (unpaired) electrons. The topological polar surface area (TPSA) is 75.7 Å². The summed E-state index contributed by atoms with van der Waals surface area (Å²) in [5, 5.41) is 3.51. The Hall–Kier alpha value is -1.96. The first-order valence-electron chi connectivity index (χ1n) is 9.36. The van der Waals surface area contributed by atoms with Crippen LogP contribution in [0.2, 0.25) is 10.0 Å². The van der Waals surface area contributed by atoms with Crippen molar-refractivity contribution in [3.63, 3.8) is 0 Å². The second-order valence-corrected chi connectivity index (χ2v) is 10.2. The zero-order chi connectivity index (χ0) is 22.5. The molecule has 0 saturated heterocycles. The Morgan fingerprint density at radius 2 is 1.67 bits per heavy atom. The molecule has 2 rings (SSSR count). The lowest BCUT2D eigenvalue weighted by molar-refractivity contribution is -0.120. The standard InChI is InChI=1S/C21H26Cl2N2O4S/c1-14(2)9-20(15-5-7-19(29-3)8-6-15)24-21(26)13-25(30(4,27)28)18-11-16(22)10-17(23)12-18/h5-8,10-12,14,20H,9,13H2,1-4H3,(H,24,26). The molecule has 0 aliphatic carbocycles. The number of nitrogens with zero attached hydrogens (tertiary/aromatic N) is 1. The molecule has 0 spiro atoms. The summed E-state index contributed by atoms with van der Waals surface area (Å²) in [6, 6.07) is 11.6. The highest BCUT2D eigenvalue weighted by Crippen LogP contribution is 2.27. The van der Waals surface area contributed by atoms with Crippen LogP contribution in [-0.4, -0.2) is 34.2 Å². The molecular formula is C21H26Cl2N2O4S. The third kappa shape index (κ3) is 7.07. The fourth-order valence-electron chi connectivity index (χ4n) is 3.04. The molecular weight excluding hydrogens is 447 g/mol. The van der Waals surface area contributed by atoms with Crippen molar-refractivity contribution in [2.24, 2.45) is 5.92 Å². The fourth-order valence-corrected chi connectivity index (χ4v) is 4.39. The van der Waals surface area contributed by atoms with E-state index < -0.39 is 15.9 Å². The molecule has 0 fully saturated rings. The lowest BCUT2D eigenvalue weighted by Crippen LogP contribution is -2.41. The van der Waals surface area contributed by atoms with Gasteiger partial charge in [-0.1, -0.05) is 49.2 Å². The molecule has 2 aromatic rings. The highest BCUT2D eigenvalue weighted by atomic mass is 35.5. The number of carbonyl (C=O) groups excluding carboxylic acids is 1. The van der Waals surface area contributed by atoms with E-state index in [-0.39, 0.29) is 28.3 Å². The number of hydrogen-bond acceptors (Lipinski definition) is 4. The van der Waals surface area contributed by atoms with Crippen LogP contribution in [-0.2, 0) is 14.8 Å². The van der Waals surface area contributed by atoms with Crippen LogP contribution in [0.4, 0.5) is 5.69 Å². The molecule has 164 valence electrons. The number of ether oxygens (including phenoxy) is 1. The van der Waals surface area contributed by atoms with Gasteiger partial charge in [-0.15, -0.1) is 0 Å². The van der Waals surface area contributed by atoms with Crippen molar-refractivity contribution < 1.29 is 17.9 Å². The van der Waals surface area contributed by atoms with Gasteiger partial charge in [-0.25, -0.2) is 8.42 Å². The van der Waals surface area contributed by atoms with Crippen LogP contribution in [0, 0.1) is 5.92 Å². The number of sulfonamides is 1. The van der Waals surface area contributed by atoms with Gasteiger partial charge in [0, 0.05) is 10.0 Å². The summed E-state index contributed by atoms with van der Waals surface area (Å²) in [6.07, 6.45) is 1.73. The molecule has 1 unspecified atom stereocenters. The minimum Gasteiger partial charge on any atom is -0.497 e. The van der Waals surface area contributed by atoms with Gasteiger partial charge in [0.05, 0.1) is 25.1 Å². The van der Waals surface area contributed by atoms with Gasteiger partial charge in [-0.2, -0.15) is 0 Å². The lowest BCUT2D eigenvalue weighted by Gasteiger charge is -2.25. The number of benzene rings is 2. The van der Waals surface area contributed by atoms with Crippen LogP contribution in [0.3, 0.4) is 0 Å². The van der Waals surface area contributed by atoms with E-state index in [1.165, 1.54) is 18.2 Å². The largest absolute Gasteiger partial charge is 0.497 e. The van der Waals surface area contributed by atoms with E-state index in [4.69, 9.17) is 27.9 Å². The molecule has 0 aromatic heterocycles. The number of hydrogen-bond donors (Lipinski definition) is 1. The first kappa shape index (κ1) is 24.3. The van der Waals surface area contributed by atoms with Gasteiger partial charge in [-0.3, -0.25) is 9.10 Å².